The van der Waals surface area contributed by atoms with Gasteiger partial charge in [0.05, 0.1) is 17.0 Å². The minimum absolute atomic E-state index is 0.176. The minimum atomic E-state index is -0.902. The lowest BCUT2D eigenvalue weighted by molar-refractivity contribution is -0.139. The molecule has 2 heterocycles. The number of aromatic nitrogens is 2. The van der Waals surface area contributed by atoms with E-state index >= 15 is 0 Å². The summed E-state index contributed by atoms with van der Waals surface area (Å²) in [6, 6.07) is 4.33. The highest BCUT2D eigenvalue weighted by Gasteiger charge is 2.31. The molecule has 8 nitrogen and oxygen atoms in total. The van der Waals surface area contributed by atoms with Gasteiger partial charge in [-0.1, -0.05) is 19.4 Å². The fraction of sp³-hybridized carbons (Fsp3) is 0.444. The summed E-state index contributed by atoms with van der Waals surface area (Å²) in [6.07, 6.45) is 1.67. The standard InChI is InChI=1S/C18H21N3O5/c1-3-4-11(17(24)25)10-5-6-12-14(9-10)20(2)18(26)21(12)13-7-8-15(22)19-16(13)23/h5-6,9,11,13H,3-4,7-8H2,1-2H3,(H,24,25)(H,19,22,23). The van der Waals surface area contributed by atoms with E-state index in [1.54, 1.807) is 25.2 Å². The average Bonchev–Trinajstić information content (AvgIpc) is 2.84. The fourth-order valence-electron chi connectivity index (χ4n) is 3.55. The lowest BCUT2D eigenvalue weighted by Crippen LogP contribution is -2.44. The van der Waals surface area contributed by atoms with Crippen LogP contribution in [0.2, 0.25) is 0 Å². The maximum atomic E-state index is 12.7. The number of carbonyl (C=O) groups excluding carboxylic acids is 2. The van der Waals surface area contributed by atoms with Crippen molar-refractivity contribution in [1.29, 1.82) is 0 Å². The van der Waals surface area contributed by atoms with Crippen LogP contribution in [0.4, 0.5) is 0 Å². The van der Waals surface area contributed by atoms with Crippen LogP contribution in [0.3, 0.4) is 0 Å². The molecule has 138 valence electrons. The van der Waals surface area contributed by atoms with Crippen molar-refractivity contribution < 1.29 is 19.5 Å². The zero-order valence-corrected chi connectivity index (χ0v) is 14.7. The summed E-state index contributed by atoms with van der Waals surface area (Å²) < 4.78 is 2.80. The Morgan fingerprint density at radius 3 is 2.65 bits per heavy atom. The normalized spacial score (nSPS) is 18.8. The molecule has 0 radical (unpaired) electrons. The van der Waals surface area contributed by atoms with Gasteiger partial charge < -0.3 is 5.11 Å². The van der Waals surface area contributed by atoms with Crippen LogP contribution in [0.1, 0.15) is 50.1 Å². The molecule has 26 heavy (non-hydrogen) atoms. The highest BCUT2D eigenvalue weighted by Crippen LogP contribution is 2.28. The van der Waals surface area contributed by atoms with Gasteiger partial charge in [-0.2, -0.15) is 0 Å². The molecular formula is C18H21N3O5. The second kappa shape index (κ2) is 6.78. The second-order valence-electron chi connectivity index (χ2n) is 6.61. The quantitative estimate of drug-likeness (QED) is 0.782. The second-order valence-corrected chi connectivity index (χ2v) is 6.61. The molecule has 8 heteroatoms. The molecule has 2 unspecified atom stereocenters. The van der Waals surface area contributed by atoms with Gasteiger partial charge in [-0.15, -0.1) is 0 Å². The summed E-state index contributed by atoms with van der Waals surface area (Å²) in [5.41, 5.74) is 1.38. The molecular weight excluding hydrogens is 338 g/mol. The van der Waals surface area contributed by atoms with E-state index in [0.29, 0.717) is 23.0 Å². The number of imidazole rings is 1. The van der Waals surface area contributed by atoms with Crippen LogP contribution in [0, 0.1) is 0 Å². The Labute approximate surface area is 149 Å². The lowest BCUT2D eigenvalue weighted by atomic mass is 9.94. The van der Waals surface area contributed by atoms with Crippen LogP contribution < -0.4 is 11.0 Å². The first-order valence-electron chi connectivity index (χ1n) is 8.62. The van der Waals surface area contributed by atoms with Crippen LogP contribution in [0.15, 0.2) is 23.0 Å². The lowest BCUT2D eigenvalue weighted by Gasteiger charge is -2.22. The number of fused-ring (bicyclic) bond motifs is 1. The van der Waals surface area contributed by atoms with E-state index in [9.17, 15) is 24.3 Å². The van der Waals surface area contributed by atoms with Gasteiger partial charge >= 0.3 is 11.7 Å². The number of imide groups is 1. The van der Waals surface area contributed by atoms with Gasteiger partial charge in [0, 0.05) is 13.5 Å². The van der Waals surface area contributed by atoms with E-state index in [4.69, 9.17) is 0 Å². The molecule has 1 fully saturated rings. The van der Waals surface area contributed by atoms with Crippen molar-refractivity contribution in [2.75, 3.05) is 0 Å². The Morgan fingerprint density at radius 2 is 2.04 bits per heavy atom. The van der Waals surface area contributed by atoms with Crippen molar-refractivity contribution in [1.82, 2.24) is 14.5 Å². The highest BCUT2D eigenvalue weighted by atomic mass is 16.4. The number of hydrogen-bond donors (Lipinski definition) is 2. The van der Waals surface area contributed by atoms with Crippen molar-refractivity contribution in [3.8, 4) is 0 Å². The Hall–Kier alpha value is -2.90. The first kappa shape index (κ1) is 17.9. The largest absolute Gasteiger partial charge is 0.481 e. The number of carboxylic acids is 1. The van der Waals surface area contributed by atoms with Gasteiger partial charge in [-0.3, -0.25) is 28.8 Å². The third-order valence-electron chi connectivity index (χ3n) is 4.91. The van der Waals surface area contributed by atoms with Crippen molar-refractivity contribution in [3.63, 3.8) is 0 Å². The smallest absolute Gasteiger partial charge is 0.329 e. The predicted octanol–water partition coefficient (Wildman–Crippen LogP) is 1.29. The van der Waals surface area contributed by atoms with E-state index in [0.717, 1.165) is 6.42 Å². The van der Waals surface area contributed by atoms with Crippen LogP contribution in [0.5, 0.6) is 0 Å². The van der Waals surface area contributed by atoms with E-state index in [2.05, 4.69) is 5.32 Å². The number of nitrogens with one attached hydrogen (secondary N) is 1. The number of hydrogen-bond acceptors (Lipinski definition) is 4. The van der Waals surface area contributed by atoms with Crippen molar-refractivity contribution in [2.45, 2.75) is 44.6 Å². The van der Waals surface area contributed by atoms with Crippen molar-refractivity contribution >= 4 is 28.8 Å². The third kappa shape index (κ3) is 2.91. The van der Waals surface area contributed by atoms with Crippen LogP contribution >= 0.6 is 0 Å². The fourth-order valence-corrected chi connectivity index (χ4v) is 3.55. The minimum Gasteiger partial charge on any atom is -0.481 e. The van der Waals surface area contributed by atoms with Gasteiger partial charge in [-0.05, 0) is 30.5 Å². The average molecular weight is 359 g/mol. The summed E-state index contributed by atoms with van der Waals surface area (Å²) >= 11 is 0. The molecule has 2 amide bonds. The number of carbonyl (C=O) groups is 3. The molecule has 2 atom stereocenters. The Kier molecular flexibility index (Phi) is 4.67. The molecule has 1 aromatic heterocycles. The molecule has 3 rings (SSSR count). The number of benzene rings is 1. The number of aliphatic carboxylic acids is 1. The van der Waals surface area contributed by atoms with Crippen molar-refractivity contribution in [2.24, 2.45) is 7.05 Å². The monoisotopic (exact) mass is 359 g/mol. The van der Waals surface area contributed by atoms with Crippen molar-refractivity contribution in [3.05, 3.63) is 34.2 Å². The van der Waals surface area contributed by atoms with Gasteiger partial charge in [0.15, 0.2) is 0 Å². The first-order valence-corrected chi connectivity index (χ1v) is 8.62. The molecule has 0 aliphatic carbocycles. The van der Waals surface area contributed by atoms with Gasteiger partial charge in [0.1, 0.15) is 6.04 Å². The SMILES string of the molecule is CCCC(C(=O)O)c1ccc2c(c1)n(C)c(=O)n2C1CCC(=O)NC1=O. The van der Waals surface area contributed by atoms with Gasteiger partial charge in [0.25, 0.3) is 0 Å². The van der Waals surface area contributed by atoms with Gasteiger partial charge in [0.2, 0.25) is 11.8 Å². The molecule has 1 saturated heterocycles. The Bertz CT molecular complexity index is 956. The highest BCUT2D eigenvalue weighted by molar-refractivity contribution is 6.00. The number of amides is 2. The molecule has 0 saturated carbocycles. The van der Waals surface area contributed by atoms with E-state index in [1.165, 1.54) is 9.13 Å². The molecule has 2 aromatic rings. The molecule has 0 spiro atoms. The zero-order valence-electron chi connectivity index (χ0n) is 14.7. The van der Waals surface area contributed by atoms with E-state index in [1.807, 2.05) is 6.92 Å². The summed E-state index contributed by atoms with van der Waals surface area (Å²) in [6.45, 7) is 1.92. The molecule has 1 aromatic carbocycles. The third-order valence-corrected chi connectivity index (χ3v) is 4.91. The van der Waals surface area contributed by atoms with Crippen LogP contribution in [-0.4, -0.2) is 32.0 Å². The summed E-state index contributed by atoms with van der Waals surface area (Å²) in [4.78, 5) is 47.8. The first-order chi connectivity index (χ1) is 12.3. The Morgan fingerprint density at radius 1 is 1.31 bits per heavy atom. The molecule has 1 aliphatic rings. The molecule has 2 N–H and O–H groups in total. The summed E-state index contributed by atoms with van der Waals surface area (Å²) in [5.74, 6) is -2.38. The number of carboxylic acid groups (broad SMARTS) is 1. The maximum Gasteiger partial charge on any atom is 0.329 e. The predicted molar refractivity (Wildman–Crippen MR) is 93.9 cm³/mol. The number of rotatable bonds is 5. The zero-order chi connectivity index (χ0) is 19.0. The van der Waals surface area contributed by atoms with Gasteiger partial charge in [-0.25, -0.2) is 4.79 Å². The maximum absolute atomic E-state index is 12.7. The topological polar surface area (TPSA) is 110 Å². The van der Waals surface area contributed by atoms with Crippen LogP contribution in [0.25, 0.3) is 11.0 Å². The number of piperidine rings is 1. The number of aryl methyl sites for hydroxylation is 1. The summed E-state index contributed by atoms with van der Waals surface area (Å²) in [5, 5.41) is 11.7. The van der Waals surface area contributed by atoms with E-state index in [-0.39, 0.29) is 24.4 Å². The summed E-state index contributed by atoms with van der Waals surface area (Å²) in [7, 11) is 1.59. The van der Waals surface area contributed by atoms with Crippen LogP contribution in [-0.2, 0) is 21.4 Å². The van der Waals surface area contributed by atoms with E-state index < -0.39 is 23.8 Å². The molecule has 1 aliphatic heterocycles. The number of nitrogens with zero attached hydrogens (tertiary/aromatic N) is 2. The Balaban J connectivity index is 2.12. The molecule has 0 bridgehead atoms.